The van der Waals surface area contributed by atoms with Gasteiger partial charge in [0.15, 0.2) is 5.82 Å². The number of nitrogens with zero attached hydrogens (tertiary/aromatic N) is 4. The molecule has 28 heavy (non-hydrogen) atoms. The maximum Gasteiger partial charge on any atom is 0.154 e. The van der Waals surface area contributed by atoms with Gasteiger partial charge in [0, 0.05) is 44.7 Å². The van der Waals surface area contributed by atoms with Gasteiger partial charge in [-0.25, -0.2) is 9.67 Å². The number of aromatic nitrogens is 3. The summed E-state index contributed by atoms with van der Waals surface area (Å²) in [6, 6.07) is 5.28. The van der Waals surface area contributed by atoms with Crippen LogP contribution in [0.1, 0.15) is 49.8 Å². The smallest absolute Gasteiger partial charge is 0.154 e. The normalized spacial score (nSPS) is 23.9. The number of nitrogens with one attached hydrogen (secondary N) is 1. The van der Waals surface area contributed by atoms with Crippen LogP contribution in [-0.4, -0.2) is 53.2 Å². The SMILES string of the molecule is CO[C@@H]1CN(c2ncc(C)cc2-n2ccc(C)n2)CC[C@@H]1NC1CCCCC1. The second kappa shape index (κ2) is 8.62. The largest absolute Gasteiger partial charge is 0.378 e. The van der Waals surface area contributed by atoms with Gasteiger partial charge in [0.25, 0.3) is 0 Å². The molecule has 2 aromatic heterocycles. The number of methoxy groups -OCH3 is 1. The fourth-order valence-corrected chi connectivity index (χ4v) is 4.62. The molecule has 0 aromatic carbocycles. The maximum atomic E-state index is 5.92. The average molecular weight is 384 g/mol. The topological polar surface area (TPSA) is 55.2 Å². The molecule has 2 aromatic rings. The van der Waals surface area contributed by atoms with E-state index in [9.17, 15) is 0 Å². The summed E-state index contributed by atoms with van der Waals surface area (Å²) >= 11 is 0. The van der Waals surface area contributed by atoms with Crippen molar-refractivity contribution in [1.82, 2.24) is 20.1 Å². The highest BCUT2D eigenvalue weighted by atomic mass is 16.5. The lowest BCUT2D eigenvalue weighted by molar-refractivity contribution is 0.0534. The molecule has 0 radical (unpaired) electrons. The number of hydrogen-bond acceptors (Lipinski definition) is 5. The van der Waals surface area contributed by atoms with E-state index in [-0.39, 0.29) is 6.10 Å². The minimum Gasteiger partial charge on any atom is -0.378 e. The summed E-state index contributed by atoms with van der Waals surface area (Å²) in [7, 11) is 1.84. The molecule has 0 unspecified atom stereocenters. The van der Waals surface area contributed by atoms with Gasteiger partial charge in [-0.3, -0.25) is 0 Å². The molecule has 1 aliphatic heterocycles. The first-order valence-corrected chi connectivity index (χ1v) is 10.7. The van der Waals surface area contributed by atoms with Gasteiger partial charge in [0.2, 0.25) is 0 Å². The Labute approximate surface area is 168 Å². The molecule has 2 fully saturated rings. The number of pyridine rings is 1. The summed E-state index contributed by atoms with van der Waals surface area (Å²) in [4.78, 5) is 7.15. The maximum absolute atomic E-state index is 5.92. The van der Waals surface area contributed by atoms with Crippen molar-refractivity contribution < 1.29 is 4.74 Å². The zero-order chi connectivity index (χ0) is 19.5. The minimum absolute atomic E-state index is 0.172. The first kappa shape index (κ1) is 19.4. The van der Waals surface area contributed by atoms with Crippen molar-refractivity contribution in [3.05, 3.63) is 35.8 Å². The van der Waals surface area contributed by atoms with Gasteiger partial charge in [0.05, 0.1) is 11.8 Å². The Bertz CT molecular complexity index is 783. The van der Waals surface area contributed by atoms with Gasteiger partial charge in [0.1, 0.15) is 5.69 Å². The van der Waals surface area contributed by atoms with Crippen molar-refractivity contribution in [2.45, 2.75) is 70.6 Å². The van der Waals surface area contributed by atoms with Crippen molar-refractivity contribution in [3.63, 3.8) is 0 Å². The van der Waals surface area contributed by atoms with Crippen molar-refractivity contribution in [3.8, 4) is 5.69 Å². The first-order valence-electron chi connectivity index (χ1n) is 10.7. The van der Waals surface area contributed by atoms with Crippen LogP contribution in [0.4, 0.5) is 5.82 Å². The lowest BCUT2D eigenvalue weighted by Gasteiger charge is -2.41. The van der Waals surface area contributed by atoms with Gasteiger partial charge in [-0.2, -0.15) is 5.10 Å². The van der Waals surface area contributed by atoms with Crippen LogP contribution >= 0.6 is 0 Å². The molecular weight excluding hydrogens is 350 g/mol. The highest BCUT2D eigenvalue weighted by molar-refractivity contribution is 5.58. The van der Waals surface area contributed by atoms with Crippen molar-refractivity contribution in [2.24, 2.45) is 0 Å². The summed E-state index contributed by atoms with van der Waals surface area (Å²) < 4.78 is 7.86. The zero-order valence-corrected chi connectivity index (χ0v) is 17.4. The van der Waals surface area contributed by atoms with Gasteiger partial charge in [-0.05, 0) is 50.8 Å². The predicted octanol–water partition coefficient (Wildman–Crippen LogP) is 3.40. The van der Waals surface area contributed by atoms with Gasteiger partial charge in [-0.1, -0.05) is 19.3 Å². The Balaban J connectivity index is 1.51. The lowest BCUT2D eigenvalue weighted by atomic mass is 9.92. The predicted molar refractivity (Wildman–Crippen MR) is 112 cm³/mol. The van der Waals surface area contributed by atoms with Crippen molar-refractivity contribution in [2.75, 3.05) is 25.1 Å². The van der Waals surface area contributed by atoms with E-state index in [1.165, 1.54) is 32.1 Å². The van der Waals surface area contributed by atoms with Crippen molar-refractivity contribution in [1.29, 1.82) is 0 Å². The van der Waals surface area contributed by atoms with E-state index in [0.717, 1.165) is 42.3 Å². The van der Waals surface area contributed by atoms with Crippen LogP contribution < -0.4 is 10.2 Å². The Morgan fingerprint density at radius 2 is 1.96 bits per heavy atom. The van der Waals surface area contributed by atoms with Crippen LogP contribution in [0, 0.1) is 13.8 Å². The third-order valence-corrected chi connectivity index (χ3v) is 6.17. The van der Waals surface area contributed by atoms with E-state index in [0.29, 0.717) is 12.1 Å². The Morgan fingerprint density at radius 3 is 2.68 bits per heavy atom. The van der Waals surface area contributed by atoms with Crippen LogP contribution in [0.15, 0.2) is 24.5 Å². The molecule has 1 aliphatic carbocycles. The highest BCUT2D eigenvalue weighted by Gasteiger charge is 2.32. The molecule has 1 saturated carbocycles. The molecule has 0 amide bonds. The molecule has 0 spiro atoms. The fourth-order valence-electron chi connectivity index (χ4n) is 4.62. The Kier molecular flexibility index (Phi) is 5.97. The molecule has 4 rings (SSSR count). The quantitative estimate of drug-likeness (QED) is 0.858. The molecular formula is C22H33N5O. The van der Waals surface area contributed by atoms with E-state index in [1.54, 1.807) is 0 Å². The number of ether oxygens (including phenoxy) is 1. The number of anilines is 1. The Hall–Kier alpha value is -1.92. The first-order chi connectivity index (χ1) is 13.6. The fraction of sp³-hybridized carbons (Fsp3) is 0.636. The van der Waals surface area contributed by atoms with Crippen LogP contribution in [0.5, 0.6) is 0 Å². The lowest BCUT2D eigenvalue weighted by Crippen LogP contribution is -2.56. The molecule has 0 bridgehead atoms. The summed E-state index contributed by atoms with van der Waals surface area (Å²) in [5.41, 5.74) is 3.20. The average Bonchev–Trinajstić information content (AvgIpc) is 3.15. The van der Waals surface area contributed by atoms with E-state index in [4.69, 9.17) is 9.72 Å². The van der Waals surface area contributed by atoms with Crippen LogP contribution in [0.3, 0.4) is 0 Å². The summed E-state index contributed by atoms with van der Waals surface area (Å²) in [5.74, 6) is 0.992. The van der Waals surface area contributed by atoms with E-state index in [2.05, 4.69) is 28.3 Å². The molecule has 6 heteroatoms. The van der Waals surface area contributed by atoms with Gasteiger partial charge >= 0.3 is 0 Å². The molecule has 3 heterocycles. The number of hydrogen-bond donors (Lipinski definition) is 1. The summed E-state index contributed by atoms with van der Waals surface area (Å²) in [6.07, 6.45) is 11.9. The van der Waals surface area contributed by atoms with E-state index >= 15 is 0 Å². The molecule has 2 aliphatic rings. The van der Waals surface area contributed by atoms with E-state index in [1.807, 2.05) is 37.2 Å². The summed E-state index contributed by atoms with van der Waals surface area (Å²) in [5, 5.41) is 8.52. The molecule has 1 N–H and O–H groups in total. The number of rotatable bonds is 5. The van der Waals surface area contributed by atoms with E-state index < -0.39 is 0 Å². The molecule has 2 atom stereocenters. The number of piperidine rings is 1. The number of aryl methyl sites for hydroxylation is 2. The van der Waals surface area contributed by atoms with Gasteiger partial charge in [-0.15, -0.1) is 0 Å². The minimum atomic E-state index is 0.172. The third-order valence-electron chi connectivity index (χ3n) is 6.17. The monoisotopic (exact) mass is 383 g/mol. The van der Waals surface area contributed by atoms with Crippen LogP contribution in [-0.2, 0) is 4.74 Å². The third kappa shape index (κ3) is 4.23. The molecule has 1 saturated heterocycles. The molecule has 152 valence electrons. The standard InChI is InChI=1S/C22H33N5O/c1-16-13-20(27-12-9-17(2)25-27)22(23-14-16)26-11-10-19(21(15-26)28-3)24-18-7-5-4-6-8-18/h9,12-14,18-19,21,24H,4-8,10-11,15H2,1-3H3/t19-,21+/m0/s1. The summed E-state index contributed by atoms with van der Waals surface area (Å²) in [6.45, 7) is 5.93. The molecule has 6 nitrogen and oxygen atoms in total. The second-order valence-corrected chi connectivity index (χ2v) is 8.37. The second-order valence-electron chi connectivity index (χ2n) is 8.37. The van der Waals surface area contributed by atoms with Gasteiger partial charge < -0.3 is 15.0 Å². The highest BCUT2D eigenvalue weighted by Crippen LogP contribution is 2.28. The van der Waals surface area contributed by atoms with Crippen LogP contribution in [0.2, 0.25) is 0 Å². The van der Waals surface area contributed by atoms with Crippen LogP contribution in [0.25, 0.3) is 5.69 Å². The Morgan fingerprint density at radius 1 is 1.14 bits per heavy atom. The van der Waals surface area contributed by atoms with Crippen molar-refractivity contribution >= 4 is 5.82 Å². The zero-order valence-electron chi connectivity index (χ0n) is 17.4.